The molecule has 0 amide bonds. The third-order valence-electron chi connectivity index (χ3n) is 4.55. The van der Waals surface area contributed by atoms with Crippen LogP contribution in [-0.2, 0) is 28.5 Å². The minimum absolute atomic E-state index is 0.105. The van der Waals surface area contributed by atoms with Crippen molar-refractivity contribution >= 4 is 0 Å². The molecule has 4 nitrogen and oxygen atoms in total. The van der Waals surface area contributed by atoms with Crippen molar-refractivity contribution in [1.82, 2.24) is 14.7 Å². The predicted octanol–water partition coefficient (Wildman–Crippen LogP) is 3.37. The van der Waals surface area contributed by atoms with Crippen molar-refractivity contribution in [2.24, 2.45) is 0 Å². The number of morpholine rings is 1. The zero-order valence-electron chi connectivity index (χ0n) is 16.2. The molecular weight excluding hydrogens is 286 g/mol. The molecule has 23 heavy (non-hydrogen) atoms. The molecule has 132 valence electrons. The molecule has 1 aliphatic heterocycles. The van der Waals surface area contributed by atoms with Gasteiger partial charge in [0.1, 0.15) is 0 Å². The van der Waals surface area contributed by atoms with E-state index in [9.17, 15) is 0 Å². The molecule has 0 saturated carbocycles. The SMILES string of the molecule is CCc1nn(CCN2CCOCC2)c(C(C)(C)C)c1C(C)(C)C. The summed E-state index contributed by atoms with van der Waals surface area (Å²) in [6, 6.07) is 0. The lowest BCUT2D eigenvalue weighted by atomic mass is 9.77. The molecule has 0 spiro atoms. The summed E-state index contributed by atoms with van der Waals surface area (Å²) in [6.45, 7) is 21.9. The molecule has 2 heterocycles. The van der Waals surface area contributed by atoms with Crippen molar-refractivity contribution in [2.75, 3.05) is 32.8 Å². The molecule has 0 unspecified atom stereocenters. The van der Waals surface area contributed by atoms with E-state index in [1.165, 1.54) is 17.0 Å². The van der Waals surface area contributed by atoms with Gasteiger partial charge in [-0.3, -0.25) is 9.58 Å². The van der Waals surface area contributed by atoms with Crippen LogP contribution in [0.1, 0.15) is 65.4 Å². The standard InChI is InChI=1S/C19H35N3O/c1-8-15-16(18(2,3)4)17(19(5,6)7)22(20-15)10-9-21-11-13-23-14-12-21/h8-14H2,1-7H3. The normalized spacial score (nSPS) is 17.7. The lowest BCUT2D eigenvalue weighted by Gasteiger charge is -2.30. The van der Waals surface area contributed by atoms with E-state index in [2.05, 4.69) is 58.0 Å². The zero-order valence-corrected chi connectivity index (χ0v) is 16.2. The molecule has 1 fully saturated rings. The van der Waals surface area contributed by atoms with Gasteiger partial charge in [0.05, 0.1) is 25.5 Å². The Morgan fingerprint density at radius 2 is 1.57 bits per heavy atom. The first-order chi connectivity index (χ1) is 10.6. The third-order valence-corrected chi connectivity index (χ3v) is 4.55. The number of hydrogen-bond donors (Lipinski definition) is 0. The maximum atomic E-state index is 5.45. The van der Waals surface area contributed by atoms with Gasteiger partial charge >= 0.3 is 0 Å². The summed E-state index contributed by atoms with van der Waals surface area (Å²) in [6.07, 6.45) is 1.00. The predicted molar refractivity (Wildman–Crippen MR) is 96.3 cm³/mol. The molecule has 0 atom stereocenters. The lowest BCUT2D eigenvalue weighted by Crippen LogP contribution is -2.38. The van der Waals surface area contributed by atoms with Crippen LogP contribution < -0.4 is 0 Å². The number of aromatic nitrogens is 2. The summed E-state index contributed by atoms with van der Waals surface area (Å²) in [7, 11) is 0. The summed E-state index contributed by atoms with van der Waals surface area (Å²) >= 11 is 0. The summed E-state index contributed by atoms with van der Waals surface area (Å²) in [5.74, 6) is 0. The Morgan fingerprint density at radius 1 is 0.957 bits per heavy atom. The highest BCUT2D eigenvalue weighted by molar-refractivity contribution is 5.37. The first-order valence-corrected chi connectivity index (χ1v) is 9.05. The van der Waals surface area contributed by atoms with E-state index in [-0.39, 0.29) is 10.8 Å². The average molecular weight is 322 g/mol. The van der Waals surface area contributed by atoms with E-state index in [1.807, 2.05) is 0 Å². The fourth-order valence-corrected chi connectivity index (χ4v) is 3.53. The van der Waals surface area contributed by atoms with Crippen molar-refractivity contribution in [1.29, 1.82) is 0 Å². The fourth-order valence-electron chi connectivity index (χ4n) is 3.53. The monoisotopic (exact) mass is 321 g/mol. The first-order valence-electron chi connectivity index (χ1n) is 9.05. The Balaban J connectivity index is 2.32. The van der Waals surface area contributed by atoms with Gasteiger partial charge in [0.2, 0.25) is 0 Å². The van der Waals surface area contributed by atoms with Crippen LogP contribution >= 0.6 is 0 Å². The highest BCUT2D eigenvalue weighted by atomic mass is 16.5. The van der Waals surface area contributed by atoms with Gasteiger partial charge in [0, 0.05) is 36.3 Å². The molecule has 1 aromatic rings. The Bertz CT molecular complexity index is 514. The summed E-state index contributed by atoms with van der Waals surface area (Å²) in [4.78, 5) is 2.49. The second kappa shape index (κ2) is 6.94. The fraction of sp³-hybridized carbons (Fsp3) is 0.842. The Kier molecular flexibility index (Phi) is 5.57. The molecule has 4 heteroatoms. The van der Waals surface area contributed by atoms with E-state index in [0.29, 0.717) is 0 Å². The van der Waals surface area contributed by atoms with Gasteiger partial charge in [-0.1, -0.05) is 48.5 Å². The number of nitrogens with zero attached hydrogens (tertiary/aromatic N) is 3. The van der Waals surface area contributed by atoms with Crippen LogP contribution in [0.15, 0.2) is 0 Å². The summed E-state index contributed by atoms with van der Waals surface area (Å²) in [5.41, 5.74) is 4.37. The Morgan fingerprint density at radius 3 is 2.04 bits per heavy atom. The topological polar surface area (TPSA) is 30.3 Å². The van der Waals surface area contributed by atoms with Crippen molar-refractivity contribution in [3.63, 3.8) is 0 Å². The third kappa shape index (κ3) is 4.36. The Labute approximate surface area is 142 Å². The zero-order chi connectivity index (χ0) is 17.3. The average Bonchev–Trinajstić information content (AvgIpc) is 2.85. The molecule has 0 aromatic carbocycles. The van der Waals surface area contributed by atoms with Crippen LogP contribution in [0, 0.1) is 0 Å². The molecule has 0 aliphatic carbocycles. The molecule has 0 N–H and O–H groups in total. The lowest BCUT2D eigenvalue weighted by molar-refractivity contribution is 0.0357. The van der Waals surface area contributed by atoms with Crippen molar-refractivity contribution in [3.05, 3.63) is 17.0 Å². The smallest absolute Gasteiger partial charge is 0.0662 e. The molecule has 1 saturated heterocycles. The summed E-state index contributed by atoms with van der Waals surface area (Å²) < 4.78 is 7.74. The minimum atomic E-state index is 0.105. The highest BCUT2D eigenvalue weighted by Crippen LogP contribution is 2.36. The van der Waals surface area contributed by atoms with Crippen LogP contribution in [0.4, 0.5) is 0 Å². The van der Waals surface area contributed by atoms with Gasteiger partial charge in [-0.25, -0.2) is 0 Å². The maximum absolute atomic E-state index is 5.45. The number of aryl methyl sites for hydroxylation is 1. The van der Waals surface area contributed by atoms with E-state index < -0.39 is 0 Å². The second-order valence-corrected chi connectivity index (χ2v) is 8.70. The second-order valence-electron chi connectivity index (χ2n) is 8.70. The van der Waals surface area contributed by atoms with Crippen LogP contribution in [-0.4, -0.2) is 47.5 Å². The number of rotatable bonds is 4. The van der Waals surface area contributed by atoms with Crippen molar-refractivity contribution in [3.8, 4) is 0 Å². The number of ether oxygens (including phenoxy) is 1. The van der Waals surface area contributed by atoms with Gasteiger partial charge < -0.3 is 4.74 Å². The van der Waals surface area contributed by atoms with Crippen molar-refractivity contribution in [2.45, 2.75) is 72.3 Å². The van der Waals surface area contributed by atoms with E-state index in [4.69, 9.17) is 9.84 Å². The van der Waals surface area contributed by atoms with Crippen molar-refractivity contribution < 1.29 is 4.74 Å². The largest absolute Gasteiger partial charge is 0.379 e. The molecular formula is C19H35N3O. The van der Waals surface area contributed by atoms with Gasteiger partial charge in [-0.15, -0.1) is 0 Å². The summed E-state index contributed by atoms with van der Waals surface area (Å²) in [5, 5.41) is 5.00. The van der Waals surface area contributed by atoms with Crippen LogP contribution in [0.5, 0.6) is 0 Å². The van der Waals surface area contributed by atoms with Gasteiger partial charge in [0.15, 0.2) is 0 Å². The van der Waals surface area contributed by atoms with E-state index in [0.717, 1.165) is 45.8 Å². The maximum Gasteiger partial charge on any atom is 0.0662 e. The number of hydrogen-bond acceptors (Lipinski definition) is 3. The van der Waals surface area contributed by atoms with Gasteiger partial charge in [-0.05, 0) is 11.8 Å². The van der Waals surface area contributed by atoms with Crippen LogP contribution in [0.3, 0.4) is 0 Å². The first kappa shape index (κ1) is 18.5. The Hall–Kier alpha value is -0.870. The van der Waals surface area contributed by atoms with Crippen LogP contribution in [0.25, 0.3) is 0 Å². The molecule has 0 radical (unpaired) electrons. The van der Waals surface area contributed by atoms with E-state index in [1.54, 1.807) is 0 Å². The van der Waals surface area contributed by atoms with Gasteiger partial charge in [-0.2, -0.15) is 5.10 Å². The molecule has 2 rings (SSSR count). The van der Waals surface area contributed by atoms with E-state index >= 15 is 0 Å². The van der Waals surface area contributed by atoms with Gasteiger partial charge in [0.25, 0.3) is 0 Å². The molecule has 1 aromatic heterocycles. The minimum Gasteiger partial charge on any atom is -0.379 e. The molecule has 0 bridgehead atoms. The highest BCUT2D eigenvalue weighted by Gasteiger charge is 2.32. The molecule has 1 aliphatic rings. The van der Waals surface area contributed by atoms with Crippen LogP contribution in [0.2, 0.25) is 0 Å². The quantitative estimate of drug-likeness (QED) is 0.852.